The Labute approximate surface area is 101 Å². The average molecular weight is 231 g/mol. The second-order valence-corrected chi connectivity index (χ2v) is 4.71. The van der Waals surface area contributed by atoms with Crippen molar-refractivity contribution in [3.63, 3.8) is 0 Å². The third-order valence-electron chi connectivity index (χ3n) is 3.20. The van der Waals surface area contributed by atoms with Gasteiger partial charge in [0, 0.05) is 11.5 Å². The van der Waals surface area contributed by atoms with Crippen molar-refractivity contribution >= 4 is 11.7 Å². The smallest absolute Gasteiger partial charge is 0.223 e. The zero-order chi connectivity index (χ0) is 12.4. The predicted molar refractivity (Wildman–Crippen MR) is 66.0 cm³/mol. The van der Waals surface area contributed by atoms with Crippen LogP contribution in [0.25, 0.3) is 0 Å². The summed E-state index contributed by atoms with van der Waals surface area (Å²) in [7, 11) is 0. The van der Waals surface area contributed by atoms with Gasteiger partial charge in [0.2, 0.25) is 5.91 Å². The van der Waals surface area contributed by atoms with Gasteiger partial charge in [-0.15, -0.1) is 0 Å². The minimum absolute atomic E-state index is 0.0159. The first-order chi connectivity index (χ1) is 8.08. The second kappa shape index (κ2) is 4.70. The Morgan fingerprint density at radius 3 is 2.53 bits per heavy atom. The standard InChI is InChI=1S/C14H17NO2/c1-9-3-4-12(7-10(9)2)13(16)8-15-14(17)11-5-6-11/h3-4,7,11H,5-6,8H2,1-2H3,(H,15,17). The third-order valence-corrected chi connectivity index (χ3v) is 3.20. The molecule has 0 radical (unpaired) electrons. The second-order valence-electron chi connectivity index (χ2n) is 4.71. The molecule has 3 nitrogen and oxygen atoms in total. The van der Waals surface area contributed by atoms with Crippen molar-refractivity contribution in [3.8, 4) is 0 Å². The van der Waals surface area contributed by atoms with Crippen LogP contribution < -0.4 is 5.32 Å². The molecule has 0 saturated heterocycles. The molecule has 1 aromatic carbocycles. The monoisotopic (exact) mass is 231 g/mol. The highest BCUT2D eigenvalue weighted by Crippen LogP contribution is 2.28. The van der Waals surface area contributed by atoms with Crippen LogP contribution in [0.1, 0.15) is 34.3 Å². The normalized spacial score (nSPS) is 14.5. The summed E-state index contributed by atoms with van der Waals surface area (Å²) in [6.45, 7) is 4.10. The zero-order valence-electron chi connectivity index (χ0n) is 10.2. The van der Waals surface area contributed by atoms with E-state index < -0.39 is 0 Å². The van der Waals surface area contributed by atoms with Crippen LogP contribution in [0.15, 0.2) is 18.2 Å². The summed E-state index contributed by atoms with van der Waals surface area (Å²) in [6.07, 6.45) is 1.92. The molecule has 0 aliphatic heterocycles. The van der Waals surface area contributed by atoms with Gasteiger partial charge in [-0.25, -0.2) is 0 Å². The Balaban J connectivity index is 1.94. The number of amides is 1. The van der Waals surface area contributed by atoms with Crippen LogP contribution in [0.4, 0.5) is 0 Å². The Morgan fingerprint density at radius 2 is 1.94 bits per heavy atom. The van der Waals surface area contributed by atoms with Gasteiger partial charge in [-0.05, 0) is 43.9 Å². The lowest BCUT2D eigenvalue weighted by Gasteiger charge is -2.06. The number of carbonyl (C=O) groups is 2. The van der Waals surface area contributed by atoms with Gasteiger partial charge in [0.25, 0.3) is 0 Å². The van der Waals surface area contributed by atoms with Crippen LogP contribution in [0.3, 0.4) is 0 Å². The van der Waals surface area contributed by atoms with E-state index in [2.05, 4.69) is 5.32 Å². The van der Waals surface area contributed by atoms with Gasteiger partial charge in [0.05, 0.1) is 6.54 Å². The minimum Gasteiger partial charge on any atom is -0.348 e. The average Bonchev–Trinajstić information content (AvgIpc) is 3.13. The molecular formula is C14H17NO2. The Morgan fingerprint density at radius 1 is 1.24 bits per heavy atom. The van der Waals surface area contributed by atoms with Crippen molar-refractivity contribution in [1.29, 1.82) is 0 Å². The SMILES string of the molecule is Cc1ccc(C(=O)CNC(=O)C2CC2)cc1C. The molecule has 0 spiro atoms. The van der Waals surface area contributed by atoms with Gasteiger partial charge in [-0.1, -0.05) is 12.1 Å². The van der Waals surface area contributed by atoms with Crippen molar-refractivity contribution in [2.75, 3.05) is 6.54 Å². The highest BCUT2D eigenvalue weighted by molar-refractivity contribution is 5.99. The van der Waals surface area contributed by atoms with Crippen LogP contribution >= 0.6 is 0 Å². The van der Waals surface area contributed by atoms with Gasteiger partial charge in [-0.2, -0.15) is 0 Å². The van der Waals surface area contributed by atoms with Gasteiger partial charge >= 0.3 is 0 Å². The van der Waals surface area contributed by atoms with E-state index in [0.29, 0.717) is 5.56 Å². The van der Waals surface area contributed by atoms with Crippen molar-refractivity contribution < 1.29 is 9.59 Å². The lowest BCUT2D eigenvalue weighted by atomic mass is 10.0. The molecule has 1 N–H and O–H groups in total. The molecular weight excluding hydrogens is 214 g/mol. The number of aryl methyl sites for hydroxylation is 2. The van der Waals surface area contributed by atoms with E-state index in [1.165, 1.54) is 5.56 Å². The van der Waals surface area contributed by atoms with Gasteiger partial charge in [0.15, 0.2) is 5.78 Å². The number of rotatable bonds is 4. The molecule has 0 heterocycles. The van der Waals surface area contributed by atoms with Crippen molar-refractivity contribution in [2.24, 2.45) is 5.92 Å². The Bertz CT molecular complexity index is 461. The fraction of sp³-hybridized carbons (Fsp3) is 0.429. The molecule has 1 saturated carbocycles. The molecule has 1 aliphatic carbocycles. The van der Waals surface area contributed by atoms with E-state index in [1.54, 1.807) is 0 Å². The summed E-state index contributed by atoms with van der Waals surface area (Å²) >= 11 is 0. The predicted octanol–water partition coefficient (Wildman–Crippen LogP) is 2.01. The number of ketones is 1. The number of hydrogen-bond donors (Lipinski definition) is 1. The fourth-order valence-corrected chi connectivity index (χ4v) is 1.67. The highest BCUT2D eigenvalue weighted by atomic mass is 16.2. The van der Waals surface area contributed by atoms with Crippen molar-refractivity contribution in [2.45, 2.75) is 26.7 Å². The molecule has 1 fully saturated rings. The molecule has 17 heavy (non-hydrogen) atoms. The van der Waals surface area contributed by atoms with Crippen LogP contribution in [-0.4, -0.2) is 18.2 Å². The molecule has 0 atom stereocenters. The molecule has 1 aliphatic rings. The zero-order valence-corrected chi connectivity index (χ0v) is 10.2. The largest absolute Gasteiger partial charge is 0.348 e. The maximum absolute atomic E-state index is 11.8. The fourth-order valence-electron chi connectivity index (χ4n) is 1.67. The van der Waals surface area contributed by atoms with E-state index >= 15 is 0 Å². The molecule has 1 amide bonds. The van der Waals surface area contributed by atoms with Gasteiger partial charge < -0.3 is 5.32 Å². The minimum atomic E-state index is -0.0258. The maximum atomic E-state index is 11.8. The first-order valence-corrected chi connectivity index (χ1v) is 5.96. The molecule has 1 aromatic rings. The van der Waals surface area contributed by atoms with E-state index in [9.17, 15) is 9.59 Å². The van der Waals surface area contributed by atoms with E-state index in [0.717, 1.165) is 18.4 Å². The number of nitrogens with one attached hydrogen (secondary N) is 1. The molecule has 2 rings (SSSR count). The van der Waals surface area contributed by atoms with E-state index in [-0.39, 0.29) is 24.2 Å². The summed E-state index contributed by atoms with van der Waals surface area (Å²) in [5, 5.41) is 2.69. The topological polar surface area (TPSA) is 46.2 Å². The molecule has 0 aromatic heterocycles. The Kier molecular flexibility index (Phi) is 3.27. The van der Waals surface area contributed by atoms with Gasteiger partial charge in [0.1, 0.15) is 0 Å². The molecule has 0 bridgehead atoms. The number of carbonyl (C=O) groups excluding carboxylic acids is 2. The summed E-state index contributed by atoms with van der Waals surface area (Å²) in [5.41, 5.74) is 2.94. The molecule has 0 unspecified atom stereocenters. The maximum Gasteiger partial charge on any atom is 0.223 e. The van der Waals surface area contributed by atoms with E-state index in [1.807, 2.05) is 32.0 Å². The van der Waals surface area contributed by atoms with E-state index in [4.69, 9.17) is 0 Å². The Hall–Kier alpha value is -1.64. The van der Waals surface area contributed by atoms with Crippen molar-refractivity contribution in [3.05, 3.63) is 34.9 Å². The summed E-state index contributed by atoms with van der Waals surface area (Å²) < 4.78 is 0. The summed E-state index contributed by atoms with van der Waals surface area (Å²) in [6, 6.07) is 5.63. The van der Waals surface area contributed by atoms with Crippen LogP contribution in [0.2, 0.25) is 0 Å². The number of hydrogen-bond acceptors (Lipinski definition) is 2. The summed E-state index contributed by atoms with van der Waals surface area (Å²) in [5.74, 6) is 0.145. The number of benzene rings is 1. The lowest BCUT2D eigenvalue weighted by molar-refractivity contribution is -0.122. The first kappa shape index (κ1) is 11.8. The van der Waals surface area contributed by atoms with Crippen molar-refractivity contribution in [1.82, 2.24) is 5.32 Å². The van der Waals surface area contributed by atoms with Crippen LogP contribution in [-0.2, 0) is 4.79 Å². The first-order valence-electron chi connectivity index (χ1n) is 5.96. The quantitative estimate of drug-likeness (QED) is 0.806. The van der Waals surface area contributed by atoms with Crippen LogP contribution in [0, 0.1) is 19.8 Å². The van der Waals surface area contributed by atoms with Gasteiger partial charge in [-0.3, -0.25) is 9.59 Å². The third kappa shape index (κ3) is 2.93. The summed E-state index contributed by atoms with van der Waals surface area (Å²) in [4.78, 5) is 23.2. The number of Topliss-reactive ketones (excluding diaryl/α,β-unsaturated/α-hetero) is 1. The molecule has 90 valence electrons. The molecule has 3 heteroatoms. The lowest BCUT2D eigenvalue weighted by Crippen LogP contribution is -2.30. The highest BCUT2D eigenvalue weighted by Gasteiger charge is 2.29. The van der Waals surface area contributed by atoms with Crippen LogP contribution in [0.5, 0.6) is 0 Å².